The third kappa shape index (κ3) is 4.47. The van der Waals surface area contributed by atoms with E-state index in [2.05, 4.69) is 5.32 Å². The molecule has 2 rings (SSSR count). The standard InChI is InChI=1S/C13H19F2NO2S/c14-13(15)19-8-11-5-4-10(18-11)6-16-12-3-1-2-9(12)7-17/h4-5,9,12-13,16-17H,1-3,6-8H2. The van der Waals surface area contributed by atoms with Crippen molar-refractivity contribution in [3.63, 3.8) is 0 Å². The van der Waals surface area contributed by atoms with Gasteiger partial charge in [-0.25, -0.2) is 0 Å². The lowest BCUT2D eigenvalue weighted by atomic mass is 10.1. The Bertz CT molecular complexity index is 386. The summed E-state index contributed by atoms with van der Waals surface area (Å²) in [6.45, 7) is 0.798. The van der Waals surface area contributed by atoms with Crippen molar-refractivity contribution < 1.29 is 18.3 Å². The molecule has 6 heteroatoms. The molecule has 2 unspecified atom stereocenters. The predicted molar refractivity (Wildman–Crippen MR) is 71.1 cm³/mol. The minimum absolute atomic E-state index is 0.195. The summed E-state index contributed by atoms with van der Waals surface area (Å²) in [5.41, 5.74) is 0. The van der Waals surface area contributed by atoms with Gasteiger partial charge in [0, 0.05) is 12.6 Å². The number of hydrogen-bond donors (Lipinski definition) is 2. The fourth-order valence-corrected chi connectivity index (χ4v) is 2.94. The Balaban J connectivity index is 1.76. The largest absolute Gasteiger partial charge is 0.464 e. The highest BCUT2D eigenvalue weighted by Crippen LogP contribution is 2.26. The maximum atomic E-state index is 12.0. The van der Waals surface area contributed by atoms with Crippen LogP contribution in [-0.4, -0.2) is 23.5 Å². The Morgan fingerprint density at radius 3 is 2.89 bits per heavy atom. The first kappa shape index (κ1) is 14.8. The summed E-state index contributed by atoms with van der Waals surface area (Å²) < 4.78 is 29.6. The highest BCUT2D eigenvalue weighted by atomic mass is 32.2. The van der Waals surface area contributed by atoms with E-state index in [1.165, 1.54) is 0 Å². The van der Waals surface area contributed by atoms with Crippen molar-refractivity contribution in [2.45, 2.75) is 43.4 Å². The van der Waals surface area contributed by atoms with Crippen LogP contribution in [-0.2, 0) is 12.3 Å². The van der Waals surface area contributed by atoms with Crippen LogP contribution in [0.5, 0.6) is 0 Å². The highest BCUT2D eigenvalue weighted by molar-refractivity contribution is 7.98. The molecule has 1 aromatic heterocycles. The SMILES string of the molecule is OCC1CCCC1NCc1ccc(CSC(F)F)o1. The van der Waals surface area contributed by atoms with Gasteiger partial charge in [-0.1, -0.05) is 18.2 Å². The van der Waals surface area contributed by atoms with Crippen molar-refractivity contribution in [1.29, 1.82) is 0 Å². The van der Waals surface area contributed by atoms with E-state index in [-0.39, 0.29) is 12.4 Å². The molecule has 0 radical (unpaired) electrons. The number of alkyl halides is 2. The van der Waals surface area contributed by atoms with E-state index in [1.807, 2.05) is 6.07 Å². The molecule has 1 saturated carbocycles. The summed E-state index contributed by atoms with van der Waals surface area (Å²) in [6.07, 6.45) is 3.26. The molecular formula is C13H19F2NO2S. The molecule has 0 amide bonds. The van der Waals surface area contributed by atoms with E-state index < -0.39 is 5.76 Å². The van der Waals surface area contributed by atoms with Crippen LogP contribution >= 0.6 is 11.8 Å². The molecular weight excluding hydrogens is 272 g/mol. The van der Waals surface area contributed by atoms with Crippen LogP contribution in [0.1, 0.15) is 30.8 Å². The van der Waals surface area contributed by atoms with Gasteiger partial charge >= 0.3 is 0 Å². The lowest BCUT2D eigenvalue weighted by molar-refractivity contribution is 0.203. The van der Waals surface area contributed by atoms with Crippen LogP contribution in [0.25, 0.3) is 0 Å². The van der Waals surface area contributed by atoms with Crippen molar-refractivity contribution in [1.82, 2.24) is 5.32 Å². The average molecular weight is 291 g/mol. The first-order valence-electron chi connectivity index (χ1n) is 6.50. The molecule has 1 heterocycles. The lowest BCUT2D eigenvalue weighted by Gasteiger charge is -2.18. The van der Waals surface area contributed by atoms with E-state index in [4.69, 9.17) is 4.42 Å². The predicted octanol–water partition coefficient (Wildman–Crippen LogP) is 2.99. The van der Waals surface area contributed by atoms with Crippen LogP contribution in [0.4, 0.5) is 8.78 Å². The van der Waals surface area contributed by atoms with Crippen LogP contribution in [0.15, 0.2) is 16.5 Å². The van der Waals surface area contributed by atoms with Crippen molar-refractivity contribution in [2.24, 2.45) is 5.92 Å². The van der Waals surface area contributed by atoms with Gasteiger partial charge in [0.1, 0.15) is 11.5 Å². The van der Waals surface area contributed by atoms with Gasteiger partial charge in [0.05, 0.1) is 12.3 Å². The first-order valence-corrected chi connectivity index (χ1v) is 7.55. The zero-order chi connectivity index (χ0) is 13.7. The van der Waals surface area contributed by atoms with E-state index in [0.29, 0.717) is 36.0 Å². The normalized spacial score (nSPS) is 23.4. The van der Waals surface area contributed by atoms with Gasteiger partial charge in [0.25, 0.3) is 5.76 Å². The molecule has 1 aliphatic carbocycles. The summed E-state index contributed by atoms with van der Waals surface area (Å²) in [7, 11) is 0. The van der Waals surface area contributed by atoms with Crippen molar-refractivity contribution in [3.05, 3.63) is 23.7 Å². The van der Waals surface area contributed by atoms with E-state index in [0.717, 1.165) is 25.0 Å². The van der Waals surface area contributed by atoms with Gasteiger partial charge in [0.2, 0.25) is 0 Å². The number of aliphatic hydroxyl groups excluding tert-OH is 1. The molecule has 0 aliphatic heterocycles. The zero-order valence-electron chi connectivity index (χ0n) is 10.6. The van der Waals surface area contributed by atoms with Gasteiger partial charge in [-0.05, 0) is 30.9 Å². The summed E-state index contributed by atoms with van der Waals surface area (Å²) in [4.78, 5) is 0. The number of hydrogen-bond acceptors (Lipinski definition) is 4. The fraction of sp³-hybridized carbons (Fsp3) is 0.692. The quantitative estimate of drug-likeness (QED) is 0.810. The second-order valence-corrected chi connectivity index (χ2v) is 5.78. The Morgan fingerprint density at radius 1 is 1.37 bits per heavy atom. The minimum atomic E-state index is -2.37. The van der Waals surface area contributed by atoms with E-state index >= 15 is 0 Å². The highest BCUT2D eigenvalue weighted by Gasteiger charge is 2.26. The third-order valence-electron chi connectivity index (χ3n) is 3.50. The minimum Gasteiger partial charge on any atom is -0.464 e. The maximum Gasteiger partial charge on any atom is 0.284 e. The van der Waals surface area contributed by atoms with Crippen LogP contribution < -0.4 is 5.32 Å². The number of rotatable bonds is 7. The Hall–Kier alpha value is -0.590. The molecule has 0 saturated heterocycles. The summed E-state index contributed by atoms with van der Waals surface area (Å²) in [5.74, 6) is -0.514. The molecule has 1 fully saturated rings. The molecule has 3 nitrogen and oxygen atoms in total. The Kier molecular flexibility index (Phi) is 5.66. The van der Waals surface area contributed by atoms with Crippen molar-refractivity contribution >= 4 is 11.8 Å². The van der Waals surface area contributed by atoms with Crippen molar-refractivity contribution in [3.8, 4) is 0 Å². The number of nitrogens with one attached hydrogen (secondary N) is 1. The molecule has 0 bridgehead atoms. The molecule has 0 spiro atoms. The number of furan rings is 1. The molecule has 0 aromatic carbocycles. The maximum absolute atomic E-state index is 12.0. The van der Waals surface area contributed by atoms with Crippen LogP contribution in [0.2, 0.25) is 0 Å². The van der Waals surface area contributed by atoms with Crippen LogP contribution in [0.3, 0.4) is 0 Å². The fourth-order valence-electron chi connectivity index (χ4n) is 2.50. The van der Waals surface area contributed by atoms with E-state index in [9.17, 15) is 13.9 Å². The molecule has 2 N–H and O–H groups in total. The monoisotopic (exact) mass is 291 g/mol. The number of aliphatic hydroxyl groups is 1. The molecule has 2 atom stereocenters. The Morgan fingerprint density at radius 2 is 2.16 bits per heavy atom. The van der Waals surface area contributed by atoms with Crippen LogP contribution in [0, 0.1) is 5.92 Å². The topological polar surface area (TPSA) is 45.4 Å². The number of halogens is 2. The average Bonchev–Trinajstić information content (AvgIpc) is 3.02. The summed E-state index contributed by atoms with van der Waals surface area (Å²) in [6, 6.07) is 3.89. The zero-order valence-corrected chi connectivity index (χ0v) is 11.5. The molecule has 19 heavy (non-hydrogen) atoms. The number of thioether (sulfide) groups is 1. The van der Waals surface area contributed by atoms with E-state index in [1.54, 1.807) is 6.07 Å². The second-order valence-electron chi connectivity index (χ2n) is 4.80. The van der Waals surface area contributed by atoms with Gasteiger partial charge in [0.15, 0.2) is 0 Å². The molecule has 1 aromatic rings. The summed E-state index contributed by atoms with van der Waals surface area (Å²) >= 11 is 0.565. The molecule has 108 valence electrons. The first-order chi connectivity index (χ1) is 9.19. The smallest absolute Gasteiger partial charge is 0.284 e. The van der Waals surface area contributed by atoms with Gasteiger partial charge in [-0.2, -0.15) is 8.78 Å². The Labute approximate surface area is 115 Å². The van der Waals surface area contributed by atoms with Crippen molar-refractivity contribution in [2.75, 3.05) is 6.61 Å². The van der Waals surface area contributed by atoms with Gasteiger partial charge in [-0.3, -0.25) is 0 Å². The van der Waals surface area contributed by atoms with Gasteiger partial charge < -0.3 is 14.8 Å². The van der Waals surface area contributed by atoms with Gasteiger partial charge in [-0.15, -0.1) is 0 Å². The third-order valence-corrected chi connectivity index (χ3v) is 4.20. The lowest BCUT2D eigenvalue weighted by Crippen LogP contribution is -2.33. The summed E-state index contributed by atoms with van der Waals surface area (Å²) in [5, 5.41) is 12.6. The second kappa shape index (κ2) is 7.26. The molecule has 1 aliphatic rings.